The highest BCUT2D eigenvalue weighted by atomic mass is 16.6. The smallest absolute Gasteiger partial charge is 0.408 e. The van der Waals surface area contributed by atoms with E-state index >= 15 is 0 Å². The minimum Gasteiger partial charge on any atom is -0.497 e. The van der Waals surface area contributed by atoms with Crippen molar-refractivity contribution < 1.29 is 33.4 Å². The lowest BCUT2D eigenvalue weighted by atomic mass is 10.0. The molecular formula is C37H49N5O7. The first-order valence-corrected chi connectivity index (χ1v) is 16.7. The number of carbonyl (C=O) groups excluding carboxylic acids is 3. The number of nitrogens with one attached hydrogen (secondary N) is 2. The molecule has 264 valence electrons. The van der Waals surface area contributed by atoms with Crippen molar-refractivity contribution in [2.24, 2.45) is 11.1 Å². The summed E-state index contributed by atoms with van der Waals surface area (Å²) in [6.45, 7) is 11.2. The third-order valence-corrected chi connectivity index (χ3v) is 8.10. The number of methoxy groups -OCH3 is 1. The van der Waals surface area contributed by atoms with E-state index in [9.17, 15) is 14.4 Å². The van der Waals surface area contributed by atoms with Crippen LogP contribution in [0.15, 0.2) is 59.8 Å². The van der Waals surface area contributed by atoms with Crippen molar-refractivity contribution in [1.82, 2.24) is 20.5 Å². The number of nitrogens with zero attached hydrogens (tertiary/aromatic N) is 3. The lowest BCUT2D eigenvalue weighted by Crippen LogP contribution is -2.56. The molecule has 2 N–H and O–H groups in total. The monoisotopic (exact) mass is 675 g/mol. The number of aldehydes is 1. The van der Waals surface area contributed by atoms with Gasteiger partial charge in [-0.15, -0.1) is 0 Å². The summed E-state index contributed by atoms with van der Waals surface area (Å²) < 4.78 is 17.7. The van der Waals surface area contributed by atoms with Crippen LogP contribution in [0.5, 0.6) is 11.5 Å². The molecule has 0 radical (unpaired) electrons. The second-order valence-corrected chi connectivity index (χ2v) is 13.4. The summed E-state index contributed by atoms with van der Waals surface area (Å²) in [6.07, 6.45) is 1.29. The molecule has 1 saturated heterocycles. The van der Waals surface area contributed by atoms with Gasteiger partial charge in [0.25, 0.3) is 0 Å². The first-order valence-electron chi connectivity index (χ1n) is 16.7. The van der Waals surface area contributed by atoms with E-state index in [1.807, 2.05) is 75.4 Å². The van der Waals surface area contributed by atoms with E-state index < -0.39 is 35.9 Å². The van der Waals surface area contributed by atoms with Gasteiger partial charge in [-0.25, -0.2) is 9.78 Å². The molecule has 2 aromatic carbocycles. The molecule has 1 aromatic heterocycles. The van der Waals surface area contributed by atoms with E-state index in [-0.39, 0.29) is 18.4 Å². The summed E-state index contributed by atoms with van der Waals surface area (Å²) >= 11 is 0. The highest BCUT2D eigenvalue weighted by Crippen LogP contribution is 2.35. The standard InChI is InChI=1S/C37H49N5O7/c1-9-13-25(22-43)38-34(41-47-8)31-19-27(21-42(31)35(44)33(23(2)3)40-36(45)49-37(4,5)6)48-32-20-29(24-14-11-10-12-15-24)39-30-18-26(46-7)16-17-28(30)32/h10-12,14-18,20,22-23,25,27,31,33H,9,13,19,21H2,1-8H3,(H,38,41)(H,40,45)/t25-,27+,31-,33?/m0/s1. The summed E-state index contributed by atoms with van der Waals surface area (Å²) in [6, 6.07) is 15.2. The van der Waals surface area contributed by atoms with Gasteiger partial charge in [-0.2, -0.15) is 0 Å². The Morgan fingerprint density at radius 1 is 1.08 bits per heavy atom. The minimum absolute atomic E-state index is 0.174. The summed E-state index contributed by atoms with van der Waals surface area (Å²) in [5, 5.41) is 11.0. The molecular weight excluding hydrogens is 626 g/mol. The number of fused-ring (bicyclic) bond motifs is 1. The van der Waals surface area contributed by atoms with Crippen molar-refractivity contribution in [2.45, 2.75) is 90.6 Å². The van der Waals surface area contributed by atoms with Gasteiger partial charge in [0, 0.05) is 29.5 Å². The predicted octanol–water partition coefficient (Wildman–Crippen LogP) is 5.73. The topological polar surface area (TPSA) is 141 Å². The van der Waals surface area contributed by atoms with Gasteiger partial charge in [-0.3, -0.25) is 4.79 Å². The molecule has 4 rings (SSSR count). The van der Waals surface area contributed by atoms with Gasteiger partial charge in [0.15, 0.2) is 5.84 Å². The molecule has 0 spiro atoms. The number of pyridine rings is 1. The van der Waals surface area contributed by atoms with Crippen LogP contribution >= 0.6 is 0 Å². The van der Waals surface area contributed by atoms with Gasteiger partial charge in [-0.05, 0) is 45.2 Å². The van der Waals surface area contributed by atoms with Crippen LogP contribution in [0.2, 0.25) is 0 Å². The quantitative estimate of drug-likeness (QED) is 0.101. The lowest BCUT2D eigenvalue weighted by Gasteiger charge is -2.32. The van der Waals surface area contributed by atoms with Gasteiger partial charge >= 0.3 is 6.09 Å². The Bertz CT molecular complexity index is 1620. The van der Waals surface area contributed by atoms with Crippen LogP contribution in [0.1, 0.15) is 60.8 Å². The zero-order chi connectivity index (χ0) is 35.7. The number of aromatic nitrogens is 1. The number of benzene rings is 2. The summed E-state index contributed by atoms with van der Waals surface area (Å²) in [4.78, 5) is 51.0. The molecule has 1 fully saturated rings. The number of oxime groups is 1. The maximum Gasteiger partial charge on any atom is 0.408 e. The molecule has 0 aliphatic carbocycles. The first-order chi connectivity index (χ1) is 23.4. The van der Waals surface area contributed by atoms with Gasteiger partial charge in [0.2, 0.25) is 5.91 Å². The van der Waals surface area contributed by atoms with Crippen LogP contribution in [-0.4, -0.2) is 84.6 Å². The van der Waals surface area contributed by atoms with E-state index in [0.29, 0.717) is 35.7 Å². The van der Waals surface area contributed by atoms with Crippen molar-refractivity contribution in [3.8, 4) is 22.8 Å². The second-order valence-electron chi connectivity index (χ2n) is 13.4. The molecule has 4 atom stereocenters. The number of hydrogen-bond donors (Lipinski definition) is 2. The van der Waals surface area contributed by atoms with Gasteiger partial charge in [0.05, 0.1) is 36.9 Å². The SMILES string of the molecule is CCC[C@@H](C=O)NC(=NOC)[C@@H]1C[C@@H](Oc2cc(-c3ccccc3)nc3cc(OC)ccc23)CN1C(=O)C(NC(=O)OC(C)(C)C)C(C)C. The third-order valence-electron chi connectivity index (χ3n) is 8.10. The van der Waals surface area contributed by atoms with Crippen LogP contribution in [0.3, 0.4) is 0 Å². The van der Waals surface area contributed by atoms with Crippen molar-refractivity contribution in [3.63, 3.8) is 0 Å². The number of amides is 2. The number of rotatable bonds is 13. The highest BCUT2D eigenvalue weighted by Gasteiger charge is 2.44. The average molecular weight is 676 g/mol. The number of amidine groups is 1. The number of ether oxygens (including phenoxy) is 3. The summed E-state index contributed by atoms with van der Waals surface area (Å²) in [7, 11) is 3.02. The van der Waals surface area contributed by atoms with E-state index in [0.717, 1.165) is 29.4 Å². The summed E-state index contributed by atoms with van der Waals surface area (Å²) in [5.74, 6) is 0.963. The van der Waals surface area contributed by atoms with E-state index in [1.54, 1.807) is 32.8 Å². The zero-order valence-corrected chi connectivity index (χ0v) is 29.7. The maximum absolute atomic E-state index is 14.4. The number of alkyl carbamates (subject to hydrolysis) is 1. The fraction of sp³-hybridized carbons (Fsp3) is 0.486. The largest absolute Gasteiger partial charge is 0.497 e. The molecule has 2 heterocycles. The number of hydrogen-bond acceptors (Lipinski definition) is 9. The van der Waals surface area contributed by atoms with Crippen LogP contribution in [0, 0.1) is 5.92 Å². The first kappa shape index (κ1) is 37.0. The molecule has 49 heavy (non-hydrogen) atoms. The molecule has 1 unspecified atom stereocenters. The zero-order valence-electron chi connectivity index (χ0n) is 29.7. The van der Waals surface area contributed by atoms with E-state index in [2.05, 4.69) is 15.8 Å². The fourth-order valence-electron chi connectivity index (χ4n) is 5.81. The van der Waals surface area contributed by atoms with Crippen molar-refractivity contribution in [2.75, 3.05) is 20.8 Å². The highest BCUT2D eigenvalue weighted by molar-refractivity contribution is 5.95. The molecule has 0 bridgehead atoms. The summed E-state index contributed by atoms with van der Waals surface area (Å²) in [5.41, 5.74) is 1.58. The molecule has 1 aliphatic rings. The van der Waals surface area contributed by atoms with Crippen LogP contribution in [0.25, 0.3) is 22.2 Å². The third kappa shape index (κ3) is 9.61. The van der Waals surface area contributed by atoms with Crippen molar-refractivity contribution in [1.29, 1.82) is 0 Å². The Hall–Kier alpha value is -4.87. The average Bonchev–Trinajstić information content (AvgIpc) is 3.49. The van der Waals surface area contributed by atoms with Gasteiger partial charge in [-0.1, -0.05) is 62.7 Å². The predicted molar refractivity (Wildman–Crippen MR) is 189 cm³/mol. The molecule has 12 nitrogen and oxygen atoms in total. The van der Waals surface area contributed by atoms with Gasteiger partial charge < -0.3 is 39.4 Å². The molecule has 3 aromatic rings. The molecule has 0 saturated carbocycles. The second kappa shape index (κ2) is 16.5. The number of likely N-dealkylation sites (tertiary alicyclic amines) is 1. The van der Waals surface area contributed by atoms with Crippen LogP contribution in [0.4, 0.5) is 4.79 Å². The van der Waals surface area contributed by atoms with E-state index in [1.165, 1.54) is 7.11 Å². The Labute approximate surface area is 288 Å². The van der Waals surface area contributed by atoms with Crippen molar-refractivity contribution in [3.05, 3.63) is 54.6 Å². The molecule has 1 aliphatic heterocycles. The maximum atomic E-state index is 14.4. The minimum atomic E-state index is -0.906. The Morgan fingerprint density at radius 2 is 1.82 bits per heavy atom. The van der Waals surface area contributed by atoms with E-state index in [4.69, 9.17) is 24.0 Å². The van der Waals surface area contributed by atoms with Crippen LogP contribution < -0.4 is 20.1 Å². The van der Waals surface area contributed by atoms with Crippen molar-refractivity contribution >= 4 is 35.0 Å². The number of carbonyl (C=O) groups is 3. The Kier molecular flexibility index (Phi) is 12.4. The Morgan fingerprint density at radius 3 is 2.43 bits per heavy atom. The fourth-order valence-corrected chi connectivity index (χ4v) is 5.81. The lowest BCUT2D eigenvalue weighted by molar-refractivity contribution is -0.134. The molecule has 12 heteroatoms. The van der Waals surface area contributed by atoms with Gasteiger partial charge in [0.1, 0.15) is 42.6 Å². The molecule has 2 amide bonds. The van der Waals surface area contributed by atoms with Crippen LogP contribution in [-0.2, 0) is 19.2 Å². The normalized spacial score (nSPS) is 17.7. The Balaban J connectivity index is 1.74.